The van der Waals surface area contributed by atoms with E-state index in [2.05, 4.69) is 9.97 Å². The van der Waals surface area contributed by atoms with E-state index in [4.69, 9.17) is 14.2 Å². The summed E-state index contributed by atoms with van der Waals surface area (Å²) in [5.41, 5.74) is -0.291. The molecule has 166 valence electrons. The highest BCUT2D eigenvalue weighted by Gasteiger charge is 2.31. The van der Waals surface area contributed by atoms with Crippen molar-refractivity contribution < 1.29 is 28.6 Å². The van der Waals surface area contributed by atoms with Crippen LogP contribution in [-0.2, 0) is 20.8 Å². The Hall–Kier alpha value is -3.10. The summed E-state index contributed by atoms with van der Waals surface area (Å²) in [7, 11) is 1.28. The molecule has 0 aromatic carbocycles. The largest absolute Gasteiger partial charge is 0.465 e. The lowest BCUT2D eigenvalue weighted by molar-refractivity contribution is -0.000524. The highest BCUT2D eigenvalue weighted by Crippen LogP contribution is 2.16. The van der Waals surface area contributed by atoms with Gasteiger partial charge < -0.3 is 19.2 Å². The van der Waals surface area contributed by atoms with Crippen molar-refractivity contribution in [3.8, 4) is 0 Å². The van der Waals surface area contributed by atoms with Crippen molar-refractivity contribution >= 4 is 18.2 Å². The molecule has 0 fully saturated rings. The Morgan fingerprint density at radius 2 is 1.50 bits per heavy atom. The van der Waals surface area contributed by atoms with Crippen LogP contribution in [0.25, 0.3) is 0 Å². The molecule has 0 aliphatic rings. The van der Waals surface area contributed by atoms with Gasteiger partial charge in [0, 0.05) is 18.1 Å². The van der Waals surface area contributed by atoms with Crippen LogP contribution in [-0.4, -0.2) is 51.3 Å². The fourth-order valence-electron chi connectivity index (χ4n) is 2.12. The summed E-state index contributed by atoms with van der Waals surface area (Å²) in [6.07, 6.45) is 1.03. The smallest absolute Gasteiger partial charge is 0.420 e. The molecule has 0 atom stereocenters. The standard InChI is InChI=1S/C21H31N3O6/c1-14-9-10-15(17(25)28-8)11-22-12-16(23-14)13-24(18(26)29-20(2,3)4)19(27)30-21(5,6)7/h9-12,23H,13H2,1-8H3. The molecular weight excluding hydrogens is 390 g/mol. The lowest BCUT2D eigenvalue weighted by Gasteiger charge is -2.28. The van der Waals surface area contributed by atoms with Crippen molar-refractivity contribution in [3.05, 3.63) is 41.5 Å². The minimum atomic E-state index is -0.849. The molecule has 1 rings (SSSR count). The SMILES string of the molecule is COC(=O)c1ccc(C)[nH]c(CN(C(=O)OC(C)(C)C)C(=O)OC(C)(C)C)cnc1. The number of aromatic amines is 1. The molecular formula is C21H31N3O6. The number of ether oxygens (including phenoxy) is 3. The van der Waals surface area contributed by atoms with Gasteiger partial charge in [-0.2, -0.15) is 0 Å². The lowest BCUT2D eigenvalue weighted by atomic mass is 10.2. The third-order valence-corrected chi connectivity index (χ3v) is 3.29. The number of H-pyrrole nitrogens is 1. The van der Waals surface area contributed by atoms with Gasteiger partial charge in [-0.15, -0.1) is 0 Å². The van der Waals surface area contributed by atoms with Crippen LogP contribution in [0.3, 0.4) is 0 Å². The Morgan fingerprint density at radius 3 is 1.97 bits per heavy atom. The molecule has 1 heterocycles. The van der Waals surface area contributed by atoms with Gasteiger partial charge in [0.25, 0.3) is 0 Å². The van der Waals surface area contributed by atoms with Gasteiger partial charge in [-0.05, 0) is 60.6 Å². The van der Waals surface area contributed by atoms with E-state index in [1.54, 1.807) is 60.6 Å². The monoisotopic (exact) mass is 421 g/mol. The summed E-state index contributed by atoms with van der Waals surface area (Å²) in [4.78, 5) is 45.1. The van der Waals surface area contributed by atoms with Crippen LogP contribution in [0.2, 0.25) is 0 Å². The Balaban J connectivity index is 3.34. The number of nitrogens with one attached hydrogen (secondary N) is 1. The molecule has 0 saturated heterocycles. The summed E-state index contributed by atoms with van der Waals surface area (Å²) in [5.74, 6) is -0.538. The molecule has 0 aliphatic carbocycles. The first-order valence-electron chi connectivity index (χ1n) is 9.41. The van der Waals surface area contributed by atoms with Crippen LogP contribution in [0.1, 0.15) is 63.3 Å². The predicted molar refractivity (Wildman–Crippen MR) is 110 cm³/mol. The van der Waals surface area contributed by atoms with Crippen LogP contribution in [0.15, 0.2) is 24.5 Å². The minimum absolute atomic E-state index is 0.181. The molecule has 0 radical (unpaired) electrons. The fraction of sp³-hybridized carbons (Fsp3) is 0.524. The molecule has 0 unspecified atom stereocenters. The quantitative estimate of drug-likeness (QED) is 0.572. The number of hydrogen-bond donors (Lipinski definition) is 1. The molecule has 1 aromatic heterocycles. The van der Waals surface area contributed by atoms with Crippen molar-refractivity contribution in [2.45, 2.75) is 66.2 Å². The van der Waals surface area contributed by atoms with Gasteiger partial charge in [-0.25, -0.2) is 19.3 Å². The Bertz CT molecular complexity index is 804. The van der Waals surface area contributed by atoms with Gasteiger partial charge in [-0.3, -0.25) is 4.98 Å². The van der Waals surface area contributed by atoms with Crippen LogP contribution in [0.5, 0.6) is 0 Å². The number of esters is 1. The molecule has 0 saturated carbocycles. The second-order valence-corrected chi connectivity index (χ2v) is 8.57. The number of imide groups is 1. The number of hydrogen-bond acceptors (Lipinski definition) is 7. The number of carbonyl (C=O) groups is 3. The number of carbonyl (C=O) groups excluding carboxylic acids is 3. The maximum atomic E-state index is 12.7. The van der Waals surface area contributed by atoms with E-state index in [1.807, 2.05) is 0 Å². The predicted octanol–water partition coefficient (Wildman–Crippen LogP) is 4.30. The molecule has 2 amide bonds. The first kappa shape index (κ1) is 24.9. The Kier molecular flexibility index (Phi) is 8.38. The van der Waals surface area contributed by atoms with Crippen LogP contribution in [0.4, 0.5) is 9.59 Å². The molecule has 9 heteroatoms. The normalized spacial score (nSPS) is 11.2. The van der Waals surface area contributed by atoms with Gasteiger partial charge in [-0.1, -0.05) is 0 Å². The molecule has 0 aliphatic heterocycles. The molecule has 0 spiro atoms. The van der Waals surface area contributed by atoms with Gasteiger partial charge in [0.15, 0.2) is 0 Å². The van der Waals surface area contributed by atoms with Gasteiger partial charge in [0.1, 0.15) is 11.2 Å². The minimum Gasteiger partial charge on any atom is -0.465 e. The van der Waals surface area contributed by atoms with E-state index >= 15 is 0 Å². The van der Waals surface area contributed by atoms with E-state index in [9.17, 15) is 14.4 Å². The van der Waals surface area contributed by atoms with E-state index < -0.39 is 29.4 Å². The molecule has 1 aromatic rings. The first-order valence-corrected chi connectivity index (χ1v) is 9.41. The molecule has 9 nitrogen and oxygen atoms in total. The van der Waals surface area contributed by atoms with Crippen molar-refractivity contribution in [1.82, 2.24) is 14.9 Å². The number of rotatable bonds is 3. The maximum Gasteiger partial charge on any atom is 0.420 e. The van der Waals surface area contributed by atoms with E-state index in [0.29, 0.717) is 11.4 Å². The third kappa shape index (κ3) is 8.93. The van der Waals surface area contributed by atoms with Crippen molar-refractivity contribution in [2.24, 2.45) is 0 Å². The highest BCUT2D eigenvalue weighted by atomic mass is 16.6. The summed E-state index contributed by atoms with van der Waals surface area (Å²) < 4.78 is 15.4. The molecule has 1 N–H and O–H groups in total. The molecule has 0 bridgehead atoms. The molecule has 30 heavy (non-hydrogen) atoms. The van der Waals surface area contributed by atoms with Crippen molar-refractivity contribution in [1.29, 1.82) is 0 Å². The average Bonchev–Trinajstić information content (AvgIpc) is 2.66. The van der Waals surface area contributed by atoms with E-state index in [0.717, 1.165) is 4.90 Å². The zero-order valence-electron chi connectivity index (χ0n) is 18.9. The van der Waals surface area contributed by atoms with Crippen LogP contribution >= 0.6 is 0 Å². The highest BCUT2D eigenvalue weighted by molar-refractivity contribution is 5.89. The zero-order chi connectivity index (χ0) is 23.1. The number of nitrogens with zero attached hydrogens (tertiary/aromatic N) is 2. The second-order valence-electron chi connectivity index (χ2n) is 8.57. The number of aromatic nitrogens is 2. The number of aryl methyl sites for hydroxylation is 1. The second kappa shape index (κ2) is 10.1. The van der Waals surface area contributed by atoms with Gasteiger partial charge in [0.05, 0.1) is 24.9 Å². The zero-order valence-corrected chi connectivity index (χ0v) is 18.9. The Labute approximate surface area is 177 Å². The summed E-state index contributed by atoms with van der Waals surface area (Å²) in [5, 5.41) is 0. The lowest BCUT2D eigenvalue weighted by Crippen LogP contribution is -2.43. The van der Waals surface area contributed by atoms with E-state index in [-0.39, 0.29) is 12.1 Å². The topological polar surface area (TPSA) is 111 Å². The Morgan fingerprint density at radius 1 is 0.967 bits per heavy atom. The van der Waals surface area contributed by atoms with Crippen LogP contribution in [0, 0.1) is 6.92 Å². The van der Waals surface area contributed by atoms with Gasteiger partial charge >= 0.3 is 18.2 Å². The summed E-state index contributed by atoms with van der Waals surface area (Å²) in [6, 6.07) is 3.21. The van der Waals surface area contributed by atoms with Gasteiger partial charge in [0.2, 0.25) is 0 Å². The summed E-state index contributed by atoms with van der Waals surface area (Å²) >= 11 is 0. The number of methoxy groups -OCH3 is 1. The van der Waals surface area contributed by atoms with E-state index in [1.165, 1.54) is 19.5 Å². The third-order valence-electron chi connectivity index (χ3n) is 3.29. The fourth-order valence-corrected chi connectivity index (χ4v) is 2.12. The van der Waals surface area contributed by atoms with Crippen molar-refractivity contribution in [2.75, 3.05) is 7.11 Å². The maximum absolute atomic E-state index is 12.7. The first-order chi connectivity index (χ1) is 13.7. The van der Waals surface area contributed by atoms with Crippen molar-refractivity contribution in [3.63, 3.8) is 0 Å². The van der Waals surface area contributed by atoms with Crippen LogP contribution < -0.4 is 0 Å². The number of amides is 2. The average molecular weight is 421 g/mol. The summed E-state index contributed by atoms with van der Waals surface area (Å²) in [6.45, 7) is 11.8.